The fraction of sp³-hybridized carbons (Fsp3) is 0.364. The maximum Gasteiger partial charge on any atom is 0.266 e. The molecule has 1 fully saturated rings. The molecule has 1 saturated heterocycles. The van der Waals surface area contributed by atoms with Gasteiger partial charge in [0.05, 0.1) is 10.4 Å². The third kappa shape index (κ3) is 4.39. The largest absolute Gasteiger partial charge is 0.368 e. The lowest BCUT2D eigenvalue weighted by Crippen LogP contribution is -2.44. The molecule has 2 aromatic carbocycles. The lowest BCUT2D eigenvalue weighted by atomic mass is 10.1. The number of hydrogen-bond donors (Lipinski definition) is 0. The number of halogens is 3. The van der Waals surface area contributed by atoms with E-state index in [1.165, 1.54) is 28.4 Å². The van der Waals surface area contributed by atoms with Crippen LogP contribution in [-0.2, 0) is 11.0 Å². The highest BCUT2D eigenvalue weighted by Gasteiger charge is 2.25. The van der Waals surface area contributed by atoms with Crippen LogP contribution in [0.25, 0.3) is 10.9 Å². The Balaban J connectivity index is 0.00000124. The van der Waals surface area contributed by atoms with Gasteiger partial charge in [-0.2, -0.15) is 0 Å². The van der Waals surface area contributed by atoms with Crippen molar-refractivity contribution >= 4 is 27.6 Å². The zero-order valence-electron chi connectivity index (χ0n) is 17.3. The number of piperazine rings is 1. The Kier molecular flexibility index (Phi) is 7.20. The summed E-state index contributed by atoms with van der Waals surface area (Å²) in [6.07, 6.45) is -1.47. The van der Waals surface area contributed by atoms with E-state index < -0.39 is 23.2 Å². The molecule has 1 aliphatic heterocycles. The molecule has 0 aliphatic carbocycles. The molecule has 0 amide bonds. The second kappa shape index (κ2) is 9.66. The molecule has 1 aromatic heterocycles. The average Bonchev–Trinajstić information content (AvgIpc) is 3.15. The van der Waals surface area contributed by atoms with Crippen molar-refractivity contribution in [2.75, 3.05) is 38.1 Å². The lowest BCUT2D eigenvalue weighted by molar-refractivity contribution is 0.153. The van der Waals surface area contributed by atoms with E-state index in [4.69, 9.17) is 0 Å². The van der Waals surface area contributed by atoms with Gasteiger partial charge in [-0.1, -0.05) is 26.0 Å². The molecule has 0 radical (unpaired) electrons. The molecule has 8 heteroatoms. The van der Waals surface area contributed by atoms with Crippen LogP contribution < -0.4 is 4.90 Å². The van der Waals surface area contributed by atoms with Gasteiger partial charge in [-0.05, 0) is 37.4 Å². The summed E-state index contributed by atoms with van der Waals surface area (Å²) >= 11 is 0. The number of nitrogens with zero attached hydrogens (tertiary/aromatic N) is 3. The summed E-state index contributed by atoms with van der Waals surface area (Å²) < 4.78 is 55.6. The summed E-state index contributed by atoms with van der Waals surface area (Å²) in [7, 11) is 0.199. The number of alkyl halides is 2. The van der Waals surface area contributed by atoms with Crippen LogP contribution in [0.4, 0.5) is 18.9 Å². The normalized spacial score (nSPS) is 15.9. The van der Waals surface area contributed by atoms with Crippen molar-refractivity contribution < 1.29 is 17.4 Å². The van der Waals surface area contributed by atoms with Gasteiger partial charge in [-0.25, -0.2) is 17.4 Å². The average molecular weight is 438 g/mol. The SMILES string of the molecule is CC.CN1CCN(c2cccc3c2c(C(F)F)cn3S(=O)c2cccc(F)c2)CC1. The van der Waals surface area contributed by atoms with Crippen LogP contribution >= 0.6 is 0 Å². The van der Waals surface area contributed by atoms with Crippen molar-refractivity contribution in [2.45, 2.75) is 25.2 Å². The Morgan fingerprint density at radius 1 is 1.00 bits per heavy atom. The van der Waals surface area contributed by atoms with Gasteiger partial charge in [0.2, 0.25) is 0 Å². The van der Waals surface area contributed by atoms with Crippen molar-refractivity contribution in [3.05, 3.63) is 60.0 Å². The van der Waals surface area contributed by atoms with E-state index in [0.29, 0.717) is 10.9 Å². The maximum absolute atomic E-state index is 13.9. The first-order valence-corrected chi connectivity index (χ1v) is 11.1. The molecule has 0 N–H and O–H groups in total. The highest BCUT2D eigenvalue weighted by molar-refractivity contribution is 7.83. The van der Waals surface area contributed by atoms with Crippen LogP contribution in [-0.4, -0.2) is 46.3 Å². The first-order valence-electron chi connectivity index (χ1n) is 9.99. The van der Waals surface area contributed by atoms with Gasteiger partial charge in [0, 0.05) is 49.0 Å². The van der Waals surface area contributed by atoms with E-state index >= 15 is 0 Å². The van der Waals surface area contributed by atoms with E-state index in [-0.39, 0.29) is 10.5 Å². The predicted molar refractivity (Wildman–Crippen MR) is 116 cm³/mol. The van der Waals surface area contributed by atoms with Crippen LogP contribution in [0.15, 0.2) is 53.6 Å². The van der Waals surface area contributed by atoms with Gasteiger partial charge in [-0.15, -0.1) is 0 Å². The van der Waals surface area contributed by atoms with E-state index in [9.17, 15) is 17.4 Å². The summed E-state index contributed by atoms with van der Waals surface area (Å²) in [5, 5.41) is 0.409. The lowest BCUT2D eigenvalue weighted by Gasteiger charge is -2.34. The first-order chi connectivity index (χ1) is 14.5. The van der Waals surface area contributed by atoms with E-state index in [0.717, 1.165) is 37.9 Å². The highest BCUT2D eigenvalue weighted by Crippen LogP contribution is 2.37. The van der Waals surface area contributed by atoms with Crippen LogP contribution in [0, 0.1) is 5.82 Å². The molecular weight excluding hydrogens is 411 g/mol. The highest BCUT2D eigenvalue weighted by atomic mass is 32.2. The minimum atomic E-state index is -2.71. The zero-order valence-corrected chi connectivity index (χ0v) is 18.1. The number of benzene rings is 2. The van der Waals surface area contributed by atoms with Crippen LogP contribution in [0.3, 0.4) is 0 Å². The van der Waals surface area contributed by atoms with Gasteiger partial charge < -0.3 is 9.80 Å². The van der Waals surface area contributed by atoms with Crippen molar-refractivity contribution in [3.8, 4) is 0 Å². The number of fused-ring (bicyclic) bond motifs is 1. The van der Waals surface area contributed by atoms with Crippen molar-refractivity contribution in [3.63, 3.8) is 0 Å². The summed E-state index contributed by atoms with van der Waals surface area (Å²) in [6, 6.07) is 10.7. The Bertz CT molecular complexity index is 1030. The molecule has 4 nitrogen and oxygen atoms in total. The molecule has 1 aliphatic rings. The molecule has 162 valence electrons. The fourth-order valence-electron chi connectivity index (χ4n) is 3.57. The number of likely N-dealkylation sites (N-methyl/N-ethyl adjacent to an activating group) is 1. The van der Waals surface area contributed by atoms with Gasteiger partial charge in [0.25, 0.3) is 6.43 Å². The summed E-state index contributed by atoms with van der Waals surface area (Å²) in [5.41, 5.74) is 1.01. The predicted octanol–water partition coefficient (Wildman–Crippen LogP) is 5.07. The molecule has 0 saturated carbocycles. The van der Waals surface area contributed by atoms with E-state index in [2.05, 4.69) is 9.80 Å². The van der Waals surface area contributed by atoms with Gasteiger partial charge in [-0.3, -0.25) is 3.97 Å². The van der Waals surface area contributed by atoms with Crippen LogP contribution in [0.1, 0.15) is 25.8 Å². The van der Waals surface area contributed by atoms with Crippen molar-refractivity contribution in [1.82, 2.24) is 8.87 Å². The van der Waals surface area contributed by atoms with Crippen LogP contribution in [0.5, 0.6) is 0 Å². The monoisotopic (exact) mass is 437 g/mol. The Labute approximate surface area is 177 Å². The number of aromatic nitrogens is 1. The fourth-order valence-corrected chi connectivity index (χ4v) is 4.75. The summed E-state index contributed by atoms with van der Waals surface area (Å²) in [4.78, 5) is 4.50. The molecule has 30 heavy (non-hydrogen) atoms. The van der Waals surface area contributed by atoms with Gasteiger partial charge in [0.15, 0.2) is 11.0 Å². The maximum atomic E-state index is 13.9. The van der Waals surface area contributed by atoms with E-state index in [1.807, 2.05) is 27.0 Å². The number of hydrogen-bond acceptors (Lipinski definition) is 3. The zero-order chi connectivity index (χ0) is 21.8. The number of rotatable bonds is 4. The quantitative estimate of drug-likeness (QED) is 0.571. The number of anilines is 1. The second-order valence-corrected chi connectivity index (χ2v) is 8.24. The molecule has 0 bridgehead atoms. The molecule has 4 rings (SSSR count). The van der Waals surface area contributed by atoms with E-state index in [1.54, 1.807) is 12.1 Å². The summed E-state index contributed by atoms with van der Waals surface area (Å²) in [6.45, 7) is 7.15. The minimum absolute atomic E-state index is 0.158. The molecule has 0 spiro atoms. The molecule has 1 unspecified atom stereocenters. The van der Waals surface area contributed by atoms with Crippen molar-refractivity contribution in [2.24, 2.45) is 0 Å². The third-order valence-electron chi connectivity index (χ3n) is 5.06. The topological polar surface area (TPSA) is 28.5 Å². The molecule has 3 aromatic rings. The summed E-state index contributed by atoms with van der Waals surface area (Å²) in [5.74, 6) is -0.519. The second-order valence-electron chi connectivity index (χ2n) is 6.88. The molecular formula is C22H26F3N3OS. The minimum Gasteiger partial charge on any atom is -0.368 e. The smallest absolute Gasteiger partial charge is 0.266 e. The van der Waals surface area contributed by atoms with Crippen LogP contribution in [0.2, 0.25) is 0 Å². The Morgan fingerprint density at radius 2 is 1.67 bits per heavy atom. The molecule has 1 atom stereocenters. The Hall–Kier alpha value is -2.32. The van der Waals surface area contributed by atoms with Crippen molar-refractivity contribution in [1.29, 1.82) is 0 Å². The van der Waals surface area contributed by atoms with Gasteiger partial charge in [0.1, 0.15) is 5.82 Å². The third-order valence-corrected chi connectivity index (χ3v) is 6.37. The first kappa shape index (κ1) is 22.4. The standard InChI is InChI=1S/C20H20F3N3OS.C2H6/c1-24-8-10-25(11-9-24)17-6-3-7-18-19(17)16(20(22)23)13-26(18)28(27)15-5-2-4-14(21)12-15;1-2/h2-7,12-13,20H,8-11H2,1H3;1-2H3. The molecule has 2 heterocycles. The Morgan fingerprint density at radius 3 is 2.30 bits per heavy atom. The van der Waals surface area contributed by atoms with Gasteiger partial charge >= 0.3 is 0 Å².